The molecule has 5 nitrogen and oxygen atoms in total. The highest BCUT2D eigenvalue weighted by atomic mass is 79.9. The van der Waals surface area contributed by atoms with Gasteiger partial charge in [-0.3, -0.25) is 4.79 Å². The van der Waals surface area contributed by atoms with Crippen molar-refractivity contribution in [2.24, 2.45) is 0 Å². The first-order chi connectivity index (χ1) is 10.2. The summed E-state index contributed by atoms with van der Waals surface area (Å²) in [7, 11) is 0. The number of H-pyrrole nitrogens is 1. The van der Waals surface area contributed by atoms with Crippen molar-refractivity contribution in [2.75, 3.05) is 0 Å². The molecule has 0 aliphatic heterocycles. The molecule has 0 radical (unpaired) electrons. The maximum atomic E-state index is 11.8. The van der Waals surface area contributed by atoms with Gasteiger partial charge in [-0.15, -0.1) is 11.3 Å². The highest BCUT2D eigenvalue weighted by Gasteiger charge is 2.06. The average molecular weight is 367 g/mol. The number of ether oxygens (including phenoxy) is 1. The smallest absolute Gasteiger partial charge is 0.268 e. The highest BCUT2D eigenvalue weighted by Crippen LogP contribution is 2.23. The Bertz CT molecular complexity index is 844. The van der Waals surface area contributed by atoms with Crippen LogP contribution < -0.4 is 10.3 Å². The number of hydrogen-bond acceptors (Lipinski definition) is 5. The van der Waals surface area contributed by atoms with Crippen molar-refractivity contribution >= 4 is 37.5 Å². The molecule has 0 spiro atoms. The Hall–Kier alpha value is -1.70. The SMILES string of the molecule is O=c1[nH]c(COc2ccc(Br)c(CO)c2)nc2ccsc12. The number of nitrogens with zero attached hydrogens (tertiary/aromatic N) is 1. The first-order valence-electron chi connectivity index (χ1n) is 6.16. The van der Waals surface area contributed by atoms with Gasteiger partial charge in [0.1, 0.15) is 22.9 Å². The molecule has 0 saturated carbocycles. The lowest BCUT2D eigenvalue weighted by atomic mass is 10.2. The summed E-state index contributed by atoms with van der Waals surface area (Å²) < 4.78 is 7.05. The summed E-state index contributed by atoms with van der Waals surface area (Å²) in [5.41, 5.74) is 1.26. The molecule has 0 atom stereocenters. The normalized spacial score (nSPS) is 11.0. The van der Waals surface area contributed by atoms with Crippen LogP contribution in [0.3, 0.4) is 0 Å². The lowest BCUT2D eigenvalue weighted by molar-refractivity contribution is 0.275. The number of rotatable bonds is 4. The topological polar surface area (TPSA) is 75.2 Å². The van der Waals surface area contributed by atoms with Crippen LogP contribution in [0.25, 0.3) is 10.2 Å². The van der Waals surface area contributed by atoms with Gasteiger partial charge >= 0.3 is 0 Å². The van der Waals surface area contributed by atoms with Gasteiger partial charge in [0.25, 0.3) is 5.56 Å². The minimum absolute atomic E-state index is 0.0757. The number of benzene rings is 1. The molecule has 0 aliphatic rings. The number of thiophene rings is 1. The van der Waals surface area contributed by atoms with Gasteiger partial charge in [-0.25, -0.2) is 4.98 Å². The number of halogens is 1. The van der Waals surface area contributed by atoms with Crippen molar-refractivity contribution in [1.82, 2.24) is 9.97 Å². The highest BCUT2D eigenvalue weighted by molar-refractivity contribution is 9.10. The van der Waals surface area contributed by atoms with Crippen molar-refractivity contribution in [2.45, 2.75) is 13.2 Å². The molecule has 2 N–H and O–H groups in total. The Labute approximate surface area is 132 Å². The van der Waals surface area contributed by atoms with E-state index in [1.807, 2.05) is 11.4 Å². The van der Waals surface area contributed by atoms with Gasteiger partial charge in [-0.2, -0.15) is 0 Å². The van der Waals surface area contributed by atoms with Gasteiger partial charge in [0.15, 0.2) is 0 Å². The quantitative estimate of drug-likeness (QED) is 0.744. The van der Waals surface area contributed by atoms with Crippen LogP contribution in [0.2, 0.25) is 0 Å². The number of nitrogens with one attached hydrogen (secondary N) is 1. The van der Waals surface area contributed by atoms with Crippen molar-refractivity contribution in [3.63, 3.8) is 0 Å². The van der Waals surface area contributed by atoms with E-state index in [4.69, 9.17) is 4.74 Å². The number of aromatic amines is 1. The Morgan fingerprint density at radius 2 is 2.24 bits per heavy atom. The average Bonchev–Trinajstić information content (AvgIpc) is 2.95. The third-order valence-corrected chi connectivity index (χ3v) is 4.60. The summed E-state index contributed by atoms with van der Waals surface area (Å²) in [5, 5.41) is 11.0. The molecule has 108 valence electrons. The van der Waals surface area contributed by atoms with E-state index in [2.05, 4.69) is 25.9 Å². The maximum Gasteiger partial charge on any atom is 0.268 e. The standard InChI is InChI=1S/C14H11BrN2O3S/c15-10-2-1-9(5-8(10)6-18)20-7-12-16-11-3-4-21-13(11)14(19)17-12/h1-5,18H,6-7H2,(H,16,17,19). The number of aromatic nitrogens is 2. The molecule has 7 heteroatoms. The molecule has 1 aromatic carbocycles. The Morgan fingerprint density at radius 3 is 3.05 bits per heavy atom. The summed E-state index contributed by atoms with van der Waals surface area (Å²) in [6.07, 6.45) is 0. The predicted molar refractivity (Wildman–Crippen MR) is 84.6 cm³/mol. The molecule has 0 aliphatic carbocycles. The molecule has 2 aromatic heterocycles. The van der Waals surface area contributed by atoms with Crippen LogP contribution in [0, 0.1) is 0 Å². The van der Waals surface area contributed by atoms with E-state index >= 15 is 0 Å². The first-order valence-corrected chi connectivity index (χ1v) is 7.83. The van der Waals surface area contributed by atoms with Gasteiger partial charge in [-0.05, 0) is 35.2 Å². The fourth-order valence-corrected chi connectivity index (χ4v) is 3.00. The largest absolute Gasteiger partial charge is 0.486 e. The summed E-state index contributed by atoms with van der Waals surface area (Å²) in [4.78, 5) is 18.9. The van der Waals surface area contributed by atoms with E-state index in [1.165, 1.54) is 11.3 Å². The molecule has 0 bridgehead atoms. The van der Waals surface area contributed by atoms with Gasteiger partial charge < -0.3 is 14.8 Å². The summed E-state index contributed by atoms with van der Waals surface area (Å²) >= 11 is 4.71. The minimum Gasteiger partial charge on any atom is -0.486 e. The molecular weight excluding hydrogens is 356 g/mol. The molecule has 0 unspecified atom stereocenters. The van der Waals surface area contributed by atoms with Crippen molar-refractivity contribution in [1.29, 1.82) is 0 Å². The molecule has 3 rings (SSSR count). The molecule has 0 fully saturated rings. The third-order valence-electron chi connectivity index (χ3n) is 2.93. The third kappa shape index (κ3) is 2.99. The number of fused-ring (bicyclic) bond motifs is 1. The van der Waals surface area contributed by atoms with Gasteiger partial charge in [0.05, 0.1) is 12.1 Å². The monoisotopic (exact) mass is 366 g/mol. The number of aliphatic hydroxyl groups excluding tert-OH is 1. The van der Waals surface area contributed by atoms with Crippen LogP contribution in [0.4, 0.5) is 0 Å². The molecular formula is C14H11BrN2O3S. The minimum atomic E-state index is -0.152. The fourth-order valence-electron chi connectivity index (χ4n) is 1.90. The molecule has 0 amide bonds. The Kier molecular flexibility index (Phi) is 4.05. The number of aliphatic hydroxyl groups is 1. The van der Waals surface area contributed by atoms with Gasteiger partial charge in [-0.1, -0.05) is 15.9 Å². The maximum absolute atomic E-state index is 11.8. The molecule has 2 heterocycles. The van der Waals surface area contributed by atoms with E-state index in [-0.39, 0.29) is 18.8 Å². The summed E-state index contributed by atoms with van der Waals surface area (Å²) in [6, 6.07) is 7.14. The van der Waals surface area contributed by atoms with Crippen molar-refractivity contribution in [3.05, 3.63) is 55.9 Å². The Balaban J connectivity index is 1.81. The zero-order valence-corrected chi connectivity index (χ0v) is 13.2. The predicted octanol–water partition coefficient (Wildman–Crippen LogP) is 2.82. The summed E-state index contributed by atoms with van der Waals surface area (Å²) in [5.74, 6) is 1.08. The second-order valence-corrected chi connectivity index (χ2v) is 6.12. The van der Waals surface area contributed by atoms with E-state index in [9.17, 15) is 9.90 Å². The van der Waals surface area contributed by atoms with Crippen LogP contribution in [0.1, 0.15) is 11.4 Å². The number of hydrogen-bond donors (Lipinski definition) is 2. The zero-order valence-electron chi connectivity index (χ0n) is 10.8. The summed E-state index contributed by atoms with van der Waals surface area (Å²) in [6.45, 7) is 0.0846. The van der Waals surface area contributed by atoms with E-state index in [1.54, 1.807) is 18.2 Å². The lowest BCUT2D eigenvalue weighted by Gasteiger charge is -2.08. The van der Waals surface area contributed by atoms with E-state index < -0.39 is 0 Å². The van der Waals surface area contributed by atoms with Gasteiger partial charge in [0.2, 0.25) is 0 Å². The van der Waals surface area contributed by atoms with Crippen LogP contribution in [-0.4, -0.2) is 15.1 Å². The van der Waals surface area contributed by atoms with Crippen molar-refractivity contribution < 1.29 is 9.84 Å². The van der Waals surface area contributed by atoms with E-state index in [0.717, 1.165) is 10.0 Å². The van der Waals surface area contributed by atoms with Gasteiger partial charge in [0, 0.05) is 4.47 Å². The van der Waals surface area contributed by atoms with Crippen molar-refractivity contribution in [3.8, 4) is 5.75 Å². The second kappa shape index (κ2) is 5.97. The van der Waals surface area contributed by atoms with E-state index in [0.29, 0.717) is 21.8 Å². The molecule has 0 saturated heterocycles. The fraction of sp³-hybridized carbons (Fsp3) is 0.143. The molecule has 3 aromatic rings. The second-order valence-electron chi connectivity index (χ2n) is 4.35. The first kappa shape index (κ1) is 14.2. The van der Waals surface area contributed by atoms with Crippen LogP contribution >= 0.6 is 27.3 Å². The lowest BCUT2D eigenvalue weighted by Crippen LogP contribution is -2.12. The zero-order chi connectivity index (χ0) is 14.8. The van der Waals surface area contributed by atoms with Crippen LogP contribution in [0.5, 0.6) is 5.75 Å². The molecule has 21 heavy (non-hydrogen) atoms. The Morgan fingerprint density at radius 1 is 1.38 bits per heavy atom. The van der Waals surface area contributed by atoms with Crippen LogP contribution in [-0.2, 0) is 13.2 Å². The van der Waals surface area contributed by atoms with Crippen LogP contribution in [0.15, 0.2) is 38.9 Å².